The second-order valence-corrected chi connectivity index (χ2v) is 12.1. The van der Waals surface area contributed by atoms with Crippen molar-refractivity contribution in [1.82, 2.24) is 9.47 Å². The van der Waals surface area contributed by atoms with Gasteiger partial charge in [-0.1, -0.05) is 24.2 Å². The van der Waals surface area contributed by atoms with Gasteiger partial charge in [0.2, 0.25) is 0 Å². The van der Waals surface area contributed by atoms with Crippen molar-refractivity contribution in [2.45, 2.75) is 52.5 Å². The number of likely N-dealkylation sites (N-methyl/N-ethyl adjacent to an activating group) is 1. The Bertz CT molecular complexity index is 1820. The van der Waals surface area contributed by atoms with E-state index in [1.165, 1.54) is 23.5 Å². The summed E-state index contributed by atoms with van der Waals surface area (Å²) in [6, 6.07) is 9.30. The predicted molar refractivity (Wildman–Crippen MR) is 175 cm³/mol. The molecular formula is C33H39N5O6S. The normalized spacial score (nSPS) is 17.0. The number of hydrogen-bond acceptors (Lipinski definition) is 9. The summed E-state index contributed by atoms with van der Waals surface area (Å²) >= 11 is 1.20. The molecule has 2 aliphatic heterocycles. The Morgan fingerprint density at radius 1 is 1.09 bits per heavy atom. The molecule has 0 spiro atoms. The van der Waals surface area contributed by atoms with Gasteiger partial charge in [-0.05, 0) is 64.0 Å². The van der Waals surface area contributed by atoms with Crippen LogP contribution < -0.4 is 29.3 Å². The Kier molecular flexibility index (Phi) is 9.71. The molecular weight excluding hydrogens is 594 g/mol. The molecule has 0 bridgehead atoms. The molecule has 3 heterocycles. The molecule has 238 valence electrons. The first-order chi connectivity index (χ1) is 21.7. The first-order valence-electron chi connectivity index (χ1n) is 15.3. The fourth-order valence-electron chi connectivity index (χ4n) is 6.14. The van der Waals surface area contributed by atoms with Crippen LogP contribution in [0.4, 0.5) is 11.4 Å². The van der Waals surface area contributed by atoms with E-state index in [4.69, 9.17) is 14.5 Å². The number of ether oxygens (including phenoxy) is 2. The number of carbonyl (C=O) groups is 1. The van der Waals surface area contributed by atoms with E-state index in [0.717, 1.165) is 44.5 Å². The number of benzene rings is 2. The highest BCUT2D eigenvalue weighted by Gasteiger charge is 2.36. The minimum absolute atomic E-state index is 0.0467. The van der Waals surface area contributed by atoms with Gasteiger partial charge in [0.15, 0.2) is 4.80 Å². The van der Waals surface area contributed by atoms with Crippen molar-refractivity contribution in [3.63, 3.8) is 0 Å². The van der Waals surface area contributed by atoms with Crippen LogP contribution in [0.1, 0.15) is 63.6 Å². The number of methoxy groups -OCH3 is 2. The Morgan fingerprint density at radius 3 is 2.42 bits per heavy atom. The number of anilines is 1. The van der Waals surface area contributed by atoms with E-state index < -0.39 is 11.0 Å². The van der Waals surface area contributed by atoms with Crippen LogP contribution >= 0.6 is 11.3 Å². The topological polar surface area (TPSA) is 120 Å². The van der Waals surface area contributed by atoms with Crippen molar-refractivity contribution in [2.24, 2.45) is 4.99 Å². The van der Waals surface area contributed by atoms with E-state index in [9.17, 15) is 19.7 Å². The number of nitro groups is 1. The SMILES string of the molecule is CCN(CC)C(=O)C1=C(C)N=c2s/c(=C\c3cc([N+](=O)[O-])ccc3N3CCCCCC3)c(=O)n2[C@H]1c1cc(OC)ccc1OC. The van der Waals surface area contributed by atoms with Crippen molar-refractivity contribution in [1.29, 1.82) is 0 Å². The first-order valence-corrected chi connectivity index (χ1v) is 16.1. The molecule has 0 unspecified atom stereocenters. The van der Waals surface area contributed by atoms with Crippen molar-refractivity contribution in [3.8, 4) is 11.5 Å². The van der Waals surface area contributed by atoms with Gasteiger partial charge in [-0.15, -0.1) is 0 Å². The monoisotopic (exact) mass is 633 g/mol. The summed E-state index contributed by atoms with van der Waals surface area (Å²) in [6.45, 7) is 8.26. The Balaban J connectivity index is 1.77. The third-order valence-electron chi connectivity index (χ3n) is 8.49. The van der Waals surface area contributed by atoms with Gasteiger partial charge in [0.1, 0.15) is 17.5 Å². The highest BCUT2D eigenvalue weighted by molar-refractivity contribution is 7.07. The average molecular weight is 634 g/mol. The zero-order valence-electron chi connectivity index (χ0n) is 26.4. The number of carbonyl (C=O) groups excluding carboxylic acids is 1. The van der Waals surface area contributed by atoms with E-state index in [-0.39, 0.29) is 17.2 Å². The number of thiazole rings is 1. The van der Waals surface area contributed by atoms with Crippen molar-refractivity contribution >= 4 is 34.7 Å². The fraction of sp³-hybridized carbons (Fsp3) is 0.424. The third-order valence-corrected chi connectivity index (χ3v) is 9.47. The predicted octanol–water partition coefficient (Wildman–Crippen LogP) is 4.41. The minimum atomic E-state index is -0.836. The molecule has 3 aromatic rings. The van der Waals surface area contributed by atoms with Gasteiger partial charge in [-0.3, -0.25) is 24.3 Å². The summed E-state index contributed by atoms with van der Waals surface area (Å²) in [6.07, 6.45) is 6.06. The molecule has 45 heavy (non-hydrogen) atoms. The molecule has 0 saturated carbocycles. The summed E-state index contributed by atoms with van der Waals surface area (Å²) in [5.74, 6) is 0.834. The number of rotatable bonds is 9. The maximum Gasteiger partial charge on any atom is 0.271 e. The molecule has 2 aromatic carbocycles. The molecule has 2 aliphatic rings. The molecule has 1 atom stereocenters. The number of nitro benzene ring substituents is 1. The van der Waals surface area contributed by atoms with Gasteiger partial charge in [0.25, 0.3) is 17.2 Å². The Labute approximate surface area is 265 Å². The standard InChI is InChI=1S/C33H39N5O6S/c1-6-35(7-2)32(40)29-21(3)34-33-37(30(29)25-20-24(43-4)13-15-27(25)44-5)31(39)28(45-33)19-22-18-23(38(41)42)12-14-26(22)36-16-10-8-9-11-17-36/h12-15,18-20,30H,6-11,16-17H2,1-5H3/b28-19-/t30-/m0/s1. The van der Waals surface area contributed by atoms with Gasteiger partial charge in [0.05, 0.1) is 34.9 Å². The van der Waals surface area contributed by atoms with Gasteiger partial charge < -0.3 is 19.3 Å². The lowest BCUT2D eigenvalue weighted by molar-refractivity contribution is -0.384. The van der Waals surface area contributed by atoms with Crippen molar-refractivity contribution in [3.05, 3.63) is 88.6 Å². The largest absolute Gasteiger partial charge is 0.497 e. The highest BCUT2D eigenvalue weighted by Crippen LogP contribution is 2.38. The second kappa shape index (κ2) is 13.7. The van der Waals surface area contributed by atoms with Gasteiger partial charge in [-0.2, -0.15) is 0 Å². The number of fused-ring (bicyclic) bond motifs is 1. The van der Waals surface area contributed by atoms with Gasteiger partial charge in [0, 0.05) is 55.1 Å². The summed E-state index contributed by atoms with van der Waals surface area (Å²) < 4.78 is 13.2. The van der Waals surface area contributed by atoms with Crippen molar-refractivity contribution < 1.29 is 19.2 Å². The lowest BCUT2D eigenvalue weighted by Crippen LogP contribution is -2.43. The van der Waals surface area contributed by atoms with Crippen LogP contribution in [0.25, 0.3) is 6.08 Å². The fourth-order valence-corrected chi connectivity index (χ4v) is 7.17. The van der Waals surface area contributed by atoms with Crippen LogP contribution in [0.15, 0.2) is 57.5 Å². The molecule has 12 heteroatoms. The lowest BCUT2D eigenvalue weighted by Gasteiger charge is -2.30. The van der Waals surface area contributed by atoms with E-state index in [2.05, 4.69) is 4.90 Å². The van der Waals surface area contributed by atoms with E-state index in [0.29, 0.717) is 56.3 Å². The molecule has 0 aliphatic carbocycles. The maximum atomic E-state index is 14.4. The molecule has 1 amide bonds. The van der Waals surface area contributed by atoms with Crippen LogP contribution in [0.3, 0.4) is 0 Å². The molecule has 5 rings (SSSR count). The molecule has 1 saturated heterocycles. The van der Waals surface area contributed by atoms with Crippen LogP contribution in [0.2, 0.25) is 0 Å². The molecule has 1 aromatic heterocycles. The summed E-state index contributed by atoms with van der Waals surface area (Å²) in [7, 11) is 3.10. The molecule has 11 nitrogen and oxygen atoms in total. The van der Waals surface area contributed by atoms with Crippen molar-refractivity contribution in [2.75, 3.05) is 45.3 Å². The van der Waals surface area contributed by atoms with Crippen LogP contribution in [0, 0.1) is 10.1 Å². The molecule has 0 N–H and O–H groups in total. The van der Waals surface area contributed by atoms with Crippen LogP contribution in [-0.2, 0) is 4.79 Å². The van der Waals surface area contributed by atoms with E-state index in [1.54, 1.807) is 61.0 Å². The Hall–Kier alpha value is -4.45. The van der Waals surface area contributed by atoms with Gasteiger partial charge in [-0.25, -0.2) is 4.99 Å². The molecule has 0 radical (unpaired) electrons. The summed E-state index contributed by atoms with van der Waals surface area (Å²) in [5.41, 5.74) is 2.54. The molecule has 1 fully saturated rings. The van der Waals surface area contributed by atoms with E-state index in [1.807, 2.05) is 13.8 Å². The third kappa shape index (κ3) is 6.24. The minimum Gasteiger partial charge on any atom is -0.497 e. The number of amides is 1. The number of nitrogens with zero attached hydrogens (tertiary/aromatic N) is 5. The summed E-state index contributed by atoms with van der Waals surface area (Å²) in [5, 5.41) is 11.8. The van der Waals surface area contributed by atoms with Crippen LogP contribution in [-0.4, -0.2) is 60.7 Å². The number of hydrogen-bond donors (Lipinski definition) is 0. The smallest absolute Gasteiger partial charge is 0.271 e. The quantitative estimate of drug-likeness (QED) is 0.253. The maximum absolute atomic E-state index is 14.4. The second-order valence-electron chi connectivity index (χ2n) is 11.1. The van der Waals surface area contributed by atoms with Gasteiger partial charge >= 0.3 is 0 Å². The number of non-ortho nitro benzene ring substituents is 1. The highest BCUT2D eigenvalue weighted by atomic mass is 32.1. The van der Waals surface area contributed by atoms with E-state index >= 15 is 0 Å². The van der Waals surface area contributed by atoms with Crippen LogP contribution in [0.5, 0.6) is 11.5 Å². The zero-order valence-corrected chi connectivity index (χ0v) is 27.2. The zero-order chi connectivity index (χ0) is 32.2. The number of allylic oxidation sites excluding steroid dienone is 1. The summed E-state index contributed by atoms with van der Waals surface area (Å²) in [4.78, 5) is 48.9. The average Bonchev–Trinajstić information content (AvgIpc) is 3.18. The Morgan fingerprint density at radius 2 is 1.80 bits per heavy atom. The first kappa shape index (κ1) is 32.0. The lowest BCUT2D eigenvalue weighted by atomic mass is 9.93. The number of aromatic nitrogens is 1.